The van der Waals surface area contributed by atoms with Crippen molar-refractivity contribution in [2.45, 2.75) is 18.6 Å². The number of rotatable bonds is 3. The highest BCUT2D eigenvalue weighted by atomic mass is 19.4. The fraction of sp³-hybridized carbons (Fsp3) is 0.400. The highest BCUT2D eigenvalue weighted by Crippen LogP contribution is 2.30. The summed E-state index contributed by atoms with van der Waals surface area (Å²) in [6.45, 7) is 0.359. The van der Waals surface area contributed by atoms with E-state index in [9.17, 15) is 13.2 Å². The Morgan fingerprint density at radius 2 is 1.93 bits per heavy atom. The minimum atomic E-state index is -4.32. The van der Waals surface area contributed by atoms with Gasteiger partial charge in [-0.15, -0.1) is 0 Å². The third-order valence-corrected chi connectivity index (χ3v) is 2.12. The number of benzene rings is 1. The zero-order chi connectivity index (χ0) is 11.5. The summed E-state index contributed by atoms with van der Waals surface area (Å²) in [5.41, 5.74) is 10.8. The predicted molar refractivity (Wildman–Crippen MR) is 52.0 cm³/mol. The lowest BCUT2D eigenvalue weighted by Crippen LogP contribution is -2.16. The van der Waals surface area contributed by atoms with Gasteiger partial charge in [-0.3, -0.25) is 0 Å². The van der Waals surface area contributed by atoms with Gasteiger partial charge >= 0.3 is 6.18 Å². The van der Waals surface area contributed by atoms with Gasteiger partial charge in [0, 0.05) is 6.04 Å². The van der Waals surface area contributed by atoms with Crippen molar-refractivity contribution in [3.05, 3.63) is 35.4 Å². The van der Waals surface area contributed by atoms with Crippen molar-refractivity contribution in [1.82, 2.24) is 0 Å². The Morgan fingerprint density at radius 1 is 1.27 bits per heavy atom. The summed E-state index contributed by atoms with van der Waals surface area (Å²) in [6.07, 6.45) is -3.85. The molecular formula is C10H13F3N2. The Hall–Kier alpha value is -1.07. The second kappa shape index (κ2) is 4.63. The Labute approximate surface area is 86.1 Å². The zero-order valence-corrected chi connectivity index (χ0v) is 8.09. The van der Waals surface area contributed by atoms with Crippen molar-refractivity contribution < 1.29 is 13.2 Å². The molecule has 5 heteroatoms. The first-order valence-electron chi connectivity index (χ1n) is 4.58. The molecule has 0 aliphatic carbocycles. The molecule has 84 valence electrons. The van der Waals surface area contributed by atoms with Crippen LogP contribution in [0.4, 0.5) is 13.2 Å². The fourth-order valence-electron chi connectivity index (χ4n) is 1.29. The Kier molecular flexibility index (Phi) is 3.71. The topological polar surface area (TPSA) is 52.0 Å². The maximum atomic E-state index is 12.4. The van der Waals surface area contributed by atoms with Crippen LogP contribution < -0.4 is 11.5 Å². The summed E-state index contributed by atoms with van der Waals surface area (Å²) >= 11 is 0. The normalized spacial score (nSPS) is 13.9. The van der Waals surface area contributed by atoms with Gasteiger partial charge < -0.3 is 11.5 Å². The molecule has 15 heavy (non-hydrogen) atoms. The van der Waals surface area contributed by atoms with Crippen molar-refractivity contribution >= 4 is 0 Å². The van der Waals surface area contributed by atoms with Crippen molar-refractivity contribution in [2.75, 3.05) is 6.54 Å². The van der Waals surface area contributed by atoms with Gasteiger partial charge in [0.2, 0.25) is 0 Å². The van der Waals surface area contributed by atoms with E-state index in [0.29, 0.717) is 18.5 Å². The molecule has 1 atom stereocenters. The maximum Gasteiger partial charge on any atom is 0.416 e. The molecule has 0 radical (unpaired) electrons. The van der Waals surface area contributed by atoms with E-state index < -0.39 is 17.8 Å². The minimum absolute atomic E-state index is 0.359. The fourth-order valence-corrected chi connectivity index (χ4v) is 1.29. The maximum absolute atomic E-state index is 12.4. The van der Waals surface area contributed by atoms with Gasteiger partial charge in [-0.2, -0.15) is 13.2 Å². The van der Waals surface area contributed by atoms with Crippen LogP contribution in [0.2, 0.25) is 0 Å². The monoisotopic (exact) mass is 218 g/mol. The lowest BCUT2D eigenvalue weighted by atomic mass is 10.0. The first-order chi connectivity index (χ1) is 6.95. The molecule has 0 aromatic heterocycles. The van der Waals surface area contributed by atoms with Crippen LogP contribution in [0.25, 0.3) is 0 Å². The van der Waals surface area contributed by atoms with Crippen molar-refractivity contribution in [3.63, 3.8) is 0 Å². The quantitative estimate of drug-likeness (QED) is 0.815. The summed E-state index contributed by atoms with van der Waals surface area (Å²) in [5, 5.41) is 0. The van der Waals surface area contributed by atoms with Gasteiger partial charge in [-0.1, -0.05) is 12.1 Å². The molecule has 0 heterocycles. The van der Waals surface area contributed by atoms with Gasteiger partial charge in [0.25, 0.3) is 0 Å². The van der Waals surface area contributed by atoms with Crippen LogP contribution in [0, 0.1) is 0 Å². The predicted octanol–water partition coefficient (Wildman–Crippen LogP) is 2.05. The molecule has 2 nitrogen and oxygen atoms in total. The van der Waals surface area contributed by atoms with Crippen molar-refractivity contribution in [3.8, 4) is 0 Å². The van der Waals surface area contributed by atoms with E-state index in [-0.39, 0.29) is 0 Å². The van der Waals surface area contributed by atoms with Gasteiger partial charge in [0.15, 0.2) is 0 Å². The second-order valence-corrected chi connectivity index (χ2v) is 3.31. The van der Waals surface area contributed by atoms with Crippen LogP contribution in [0.15, 0.2) is 24.3 Å². The molecule has 0 aliphatic rings. The zero-order valence-electron chi connectivity index (χ0n) is 8.09. The highest BCUT2D eigenvalue weighted by Gasteiger charge is 2.30. The molecule has 1 aromatic carbocycles. The smallest absolute Gasteiger partial charge is 0.330 e. The average Bonchev–Trinajstić information content (AvgIpc) is 2.17. The molecule has 0 amide bonds. The lowest BCUT2D eigenvalue weighted by Gasteiger charge is -2.13. The SMILES string of the molecule is NCC[C@@H](N)c1cccc(C(F)(F)F)c1. The van der Waals surface area contributed by atoms with Gasteiger partial charge in [0.05, 0.1) is 5.56 Å². The van der Waals surface area contributed by atoms with E-state index in [4.69, 9.17) is 11.5 Å². The molecule has 0 saturated heterocycles. The number of hydrogen-bond acceptors (Lipinski definition) is 2. The molecule has 1 rings (SSSR count). The molecule has 4 N–H and O–H groups in total. The Bertz CT molecular complexity index is 323. The summed E-state index contributed by atoms with van der Waals surface area (Å²) in [5.74, 6) is 0. The lowest BCUT2D eigenvalue weighted by molar-refractivity contribution is -0.137. The number of halogens is 3. The van der Waals surface area contributed by atoms with Gasteiger partial charge in [-0.25, -0.2) is 0 Å². The third kappa shape index (κ3) is 3.21. The molecule has 0 saturated carbocycles. The van der Waals surface area contributed by atoms with E-state index in [0.717, 1.165) is 12.1 Å². The highest BCUT2D eigenvalue weighted by molar-refractivity contribution is 5.27. The van der Waals surface area contributed by atoms with Crippen LogP contribution in [0.3, 0.4) is 0 Å². The largest absolute Gasteiger partial charge is 0.416 e. The minimum Gasteiger partial charge on any atom is -0.330 e. The van der Waals surface area contributed by atoms with E-state index in [1.165, 1.54) is 6.07 Å². The summed E-state index contributed by atoms with van der Waals surface area (Å²) in [6, 6.07) is 4.60. The summed E-state index contributed by atoms with van der Waals surface area (Å²) in [7, 11) is 0. The van der Waals surface area contributed by atoms with Crippen LogP contribution >= 0.6 is 0 Å². The van der Waals surface area contributed by atoms with Gasteiger partial charge in [-0.05, 0) is 30.7 Å². The summed E-state index contributed by atoms with van der Waals surface area (Å²) < 4.78 is 37.1. The first-order valence-corrected chi connectivity index (χ1v) is 4.58. The number of hydrogen-bond donors (Lipinski definition) is 2. The molecule has 0 fully saturated rings. The van der Waals surface area contributed by atoms with E-state index >= 15 is 0 Å². The second-order valence-electron chi connectivity index (χ2n) is 3.31. The van der Waals surface area contributed by atoms with E-state index in [1.54, 1.807) is 6.07 Å². The molecule has 0 unspecified atom stereocenters. The van der Waals surface area contributed by atoms with Crippen molar-refractivity contribution in [1.29, 1.82) is 0 Å². The Balaban J connectivity index is 2.92. The molecular weight excluding hydrogens is 205 g/mol. The van der Waals surface area contributed by atoms with Crippen LogP contribution in [0.5, 0.6) is 0 Å². The molecule has 1 aromatic rings. The molecule has 0 aliphatic heterocycles. The van der Waals surface area contributed by atoms with E-state index in [2.05, 4.69) is 0 Å². The molecule has 0 spiro atoms. The summed E-state index contributed by atoms with van der Waals surface area (Å²) in [4.78, 5) is 0. The van der Waals surface area contributed by atoms with Crippen LogP contribution in [0.1, 0.15) is 23.6 Å². The van der Waals surface area contributed by atoms with E-state index in [1.807, 2.05) is 0 Å². The average molecular weight is 218 g/mol. The third-order valence-electron chi connectivity index (χ3n) is 2.12. The Morgan fingerprint density at radius 3 is 2.47 bits per heavy atom. The van der Waals surface area contributed by atoms with Gasteiger partial charge in [0.1, 0.15) is 0 Å². The number of nitrogens with two attached hydrogens (primary N) is 2. The first kappa shape index (κ1) is 12.0. The van der Waals surface area contributed by atoms with Crippen LogP contribution in [-0.2, 0) is 6.18 Å². The number of alkyl halides is 3. The standard InChI is InChI=1S/C10H13F3N2/c11-10(12,13)8-3-1-2-7(6-8)9(15)4-5-14/h1-3,6,9H,4-5,14-15H2/t9-/m1/s1. The van der Waals surface area contributed by atoms with Crippen molar-refractivity contribution in [2.24, 2.45) is 11.5 Å². The molecule has 0 bridgehead atoms. The van der Waals surface area contributed by atoms with Crippen LogP contribution in [-0.4, -0.2) is 6.54 Å².